The summed E-state index contributed by atoms with van der Waals surface area (Å²) in [6.45, 7) is 1.98. The zero-order valence-electron chi connectivity index (χ0n) is 14.3. The van der Waals surface area contributed by atoms with Gasteiger partial charge in [0.15, 0.2) is 9.84 Å². The number of amides is 1. The van der Waals surface area contributed by atoms with E-state index < -0.39 is 9.84 Å². The molecule has 3 rings (SSSR count). The molecule has 1 atom stereocenters. The fourth-order valence-electron chi connectivity index (χ4n) is 2.88. The van der Waals surface area contributed by atoms with Gasteiger partial charge in [-0.15, -0.1) is 0 Å². The van der Waals surface area contributed by atoms with Gasteiger partial charge in [0, 0.05) is 25.0 Å². The lowest BCUT2D eigenvalue weighted by Crippen LogP contribution is -2.32. The molecule has 0 aliphatic carbocycles. The van der Waals surface area contributed by atoms with Crippen LogP contribution < -0.4 is 10.2 Å². The first-order chi connectivity index (χ1) is 11.8. The van der Waals surface area contributed by atoms with E-state index in [1.807, 2.05) is 43.1 Å². The van der Waals surface area contributed by atoms with E-state index in [0.717, 1.165) is 16.9 Å². The highest BCUT2D eigenvalue weighted by atomic mass is 32.2. The van der Waals surface area contributed by atoms with Crippen molar-refractivity contribution in [3.63, 3.8) is 0 Å². The predicted molar refractivity (Wildman–Crippen MR) is 98.8 cm³/mol. The van der Waals surface area contributed by atoms with E-state index in [1.165, 1.54) is 6.20 Å². The van der Waals surface area contributed by atoms with Crippen molar-refractivity contribution >= 4 is 27.1 Å². The fourth-order valence-corrected chi connectivity index (χ4v) is 4.65. The molecule has 1 amide bonds. The van der Waals surface area contributed by atoms with Gasteiger partial charge in [-0.2, -0.15) is 0 Å². The highest BCUT2D eigenvalue weighted by Crippen LogP contribution is 2.23. The summed E-state index contributed by atoms with van der Waals surface area (Å²) in [6.07, 6.45) is 3.75. The molecule has 1 unspecified atom stereocenters. The van der Waals surface area contributed by atoms with Crippen molar-refractivity contribution in [3.8, 4) is 0 Å². The van der Waals surface area contributed by atoms with Gasteiger partial charge < -0.3 is 10.2 Å². The van der Waals surface area contributed by atoms with E-state index in [9.17, 15) is 13.2 Å². The monoisotopic (exact) mass is 359 g/mol. The molecule has 132 valence electrons. The number of hydrogen-bond donors (Lipinski definition) is 1. The minimum absolute atomic E-state index is 0.0813. The van der Waals surface area contributed by atoms with E-state index in [-0.39, 0.29) is 23.5 Å². The van der Waals surface area contributed by atoms with Gasteiger partial charge >= 0.3 is 0 Å². The van der Waals surface area contributed by atoms with Crippen LogP contribution >= 0.6 is 0 Å². The number of carbonyl (C=O) groups is 1. The minimum atomic E-state index is -2.96. The van der Waals surface area contributed by atoms with E-state index in [1.54, 1.807) is 12.3 Å². The molecule has 0 radical (unpaired) electrons. The van der Waals surface area contributed by atoms with Crippen molar-refractivity contribution in [3.05, 3.63) is 53.9 Å². The Hall–Kier alpha value is -2.41. The Morgan fingerprint density at radius 3 is 2.60 bits per heavy atom. The zero-order valence-corrected chi connectivity index (χ0v) is 15.1. The molecule has 6 nitrogen and oxygen atoms in total. The second-order valence-corrected chi connectivity index (χ2v) is 8.65. The van der Waals surface area contributed by atoms with Gasteiger partial charge in [0.1, 0.15) is 0 Å². The van der Waals surface area contributed by atoms with Crippen LogP contribution in [0.25, 0.3) is 0 Å². The summed E-state index contributed by atoms with van der Waals surface area (Å²) in [5.74, 6) is 0.109. The average Bonchev–Trinajstić information content (AvgIpc) is 2.96. The number of hydrogen-bond acceptors (Lipinski definition) is 5. The molecule has 1 saturated heterocycles. The van der Waals surface area contributed by atoms with Gasteiger partial charge in [-0.1, -0.05) is 17.7 Å². The van der Waals surface area contributed by atoms with Crippen LogP contribution in [0.1, 0.15) is 22.3 Å². The first-order valence-electron chi connectivity index (χ1n) is 8.10. The summed E-state index contributed by atoms with van der Waals surface area (Å²) in [6, 6.07) is 9.21. The Morgan fingerprint density at radius 2 is 1.96 bits per heavy atom. The van der Waals surface area contributed by atoms with E-state index in [2.05, 4.69) is 10.3 Å². The number of benzene rings is 1. The van der Waals surface area contributed by atoms with Crippen molar-refractivity contribution in [2.45, 2.75) is 19.4 Å². The number of rotatable bonds is 4. The Bertz CT molecular complexity index is 879. The third-order valence-electron chi connectivity index (χ3n) is 4.46. The highest BCUT2D eigenvalue weighted by molar-refractivity contribution is 7.91. The van der Waals surface area contributed by atoms with Crippen LogP contribution in [0.5, 0.6) is 0 Å². The smallest absolute Gasteiger partial charge is 0.257 e. The van der Waals surface area contributed by atoms with Crippen molar-refractivity contribution in [2.24, 2.45) is 0 Å². The number of anilines is 2. The van der Waals surface area contributed by atoms with Crippen LogP contribution in [-0.2, 0) is 9.84 Å². The number of aryl methyl sites for hydroxylation is 1. The average molecular weight is 359 g/mol. The maximum absolute atomic E-state index is 12.4. The summed E-state index contributed by atoms with van der Waals surface area (Å²) in [5.41, 5.74) is 3.01. The molecule has 0 spiro atoms. The molecular weight excluding hydrogens is 338 g/mol. The summed E-state index contributed by atoms with van der Waals surface area (Å²) in [4.78, 5) is 18.5. The van der Waals surface area contributed by atoms with Crippen molar-refractivity contribution in [1.82, 2.24) is 4.98 Å². The third-order valence-corrected chi connectivity index (χ3v) is 6.21. The summed E-state index contributed by atoms with van der Waals surface area (Å²) >= 11 is 0. The number of pyridine rings is 1. The van der Waals surface area contributed by atoms with Crippen LogP contribution in [0.15, 0.2) is 42.7 Å². The molecule has 1 aromatic carbocycles. The molecule has 1 aliphatic rings. The van der Waals surface area contributed by atoms with Gasteiger partial charge in [0.05, 0.1) is 29.0 Å². The normalized spacial score (nSPS) is 18.7. The number of aromatic nitrogens is 1. The quantitative estimate of drug-likeness (QED) is 0.906. The molecule has 7 heteroatoms. The van der Waals surface area contributed by atoms with Crippen LogP contribution in [-0.4, -0.2) is 43.9 Å². The van der Waals surface area contributed by atoms with Gasteiger partial charge in [-0.3, -0.25) is 9.78 Å². The van der Waals surface area contributed by atoms with Crippen molar-refractivity contribution < 1.29 is 13.2 Å². The maximum atomic E-state index is 12.4. The van der Waals surface area contributed by atoms with Gasteiger partial charge in [-0.25, -0.2) is 8.42 Å². The molecule has 1 aliphatic heterocycles. The standard InChI is InChI=1S/C18H21N3O3S/c1-13-3-5-15(6-4-13)20-18(22)14-9-17(11-19-10-14)21(2)16-7-8-25(23,24)12-16/h3-6,9-11,16H,7-8,12H2,1-2H3,(H,20,22). The lowest BCUT2D eigenvalue weighted by atomic mass is 10.2. The molecule has 0 saturated carbocycles. The second kappa shape index (κ2) is 6.84. The molecular formula is C18H21N3O3S. The highest BCUT2D eigenvalue weighted by Gasteiger charge is 2.31. The largest absolute Gasteiger partial charge is 0.369 e. The minimum Gasteiger partial charge on any atom is -0.369 e. The molecule has 1 fully saturated rings. The molecule has 1 N–H and O–H groups in total. The number of carbonyl (C=O) groups excluding carboxylic acids is 1. The summed E-state index contributed by atoms with van der Waals surface area (Å²) < 4.78 is 23.3. The van der Waals surface area contributed by atoms with Crippen molar-refractivity contribution in [2.75, 3.05) is 28.8 Å². The predicted octanol–water partition coefficient (Wildman–Crippen LogP) is 2.27. The fraction of sp³-hybridized carbons (Fsp3) is 0.333. The molecule has 2 aromatic rings. The Morgan fingerprint density at radius 1 is 1.24 bits per heavy atom. The SMILES string of the molecule is Cc1ccc(NC(=O)c2cncc(N(C)C3CCS(=O)(=O)C3)c2)cc1. The number of sulfone groups is 1. The van der Waals surface area contributed by atoms with E-state index in [0.29, 0.717) is 12.0 Å². The Balaban J connectivity index is 1.74. The zero-order chi connectivity index (χ0) is 18.0. The first kappa shape index (κ1) is 17.4. The Labute approximate surface area is 147 Å². The van der Waals surface area contributed by atoms with Crippen LogP contribution in [0.3, 0.4) is 0 Å². The Kier molecular flexibility index (Phi) is 4.76. The second-order valence-electron chi connectivity index (χ2n) is 6.42. The number of nitrogens with one attached hydrogen (secondary N) is 1. The molecule has 2 heterocycles. The van der Waals surface area contributed by atoms with Gasteiger partial charge in [0.2, 0.25) is 0 Å². The molecule has 0 bridgehead atoms. The van der Waals surface area contributed by atoms with Crippen LogP contribution in [0.2, 0.25) is 0 Å². The van der Waals surface area contributed by atoms with Gasteiger partial charge in [-0.05, 0) is 31.5 Å². The molecule has 1 aromatic heterocycles. The van der Waals surface area contributed by atoms with E-state index in [4.69, 9.17) is 0 Å². The number of nitrogens with zero attached hydrogens (tertiary/aromatic N) is 2. The topological polar surface area (TPSA) is 79.4 Å². The van der Waals surface area contributed by atoms with E-state index >= 15 is 0 Å². The lowest BCUT2D eigenvalue weighted by Gasteiger charge is -2.25. The lowest BCUT2D eigenvalue weighted by molar-refractivity contribution is 0.102. The van der Waals surface area contributed by atoms with Gasteiger partial charge in [0.25, 0.3) is 5.91 Å². The molecule has 25 heavy (non-hydrogen) atoms. The maximum Gasteiger partial charge on any atom is 0.257 e. The first-order valence-corrected chi connectivity index (χ1v) is 9.92. The van der Waals surface area contributed by atoms with Crippen LogP contribution in [0, 0.1) is 6.92 Å². The summed E-state index contributed by atoms with van der Waals surface area (Å²) in [7, 11) is -1.12. The van der Waals surface area contributed by atoms with Crippen molar-refractivity contribution in [1.29, 1.82) is 0 Å². The summed E-state index contributed by atoms with van der Waals surface area (Å²) in [5, 5.41) is 2.84. The van der Waals surface area contributed by atoms with Crippen LogP contribution in [0.4, 0.5) is 11.4 Å². The third kappa shape index (κ3) is 4.17.